The van der Waals surface area contributed by atoms with Gasteiger partial charge in [0.1, 0.15) is 5.01 Å². The Morgan fingerprint density at radius 3 is 2.26 bits per heavy atom. The normalized spacial score (nSPS) is 10.7. The van der Waals surface area contributed by atoms with Gasteiger partial charge in [0.15, 0.2) is 5.78 Å². The lowest BCUT2D eigenvalue weighted by atomic mass is 9.98. The molecule has 27 heavy (non-hydrogen) atoms. The summed E-state index contributed by atoms with van der Waals surface area (Å²) in [6.45, 7) is 0.325. The molecule has 0 bridgehead atoms. The fourth-order valence-electron chi connectivity index (χ4n) is 2.87. The van der Waals surface area contributed by atoms with Crippen molar-refractivity contribution < 1.29 is 9.59 Å². The van der Waals surface area contributed by atoms with Crippen LogP contribution in [0.2, 0.25) is 0 Å². The number of nitrogens with one attached hydrogen (secondary N) is 1. The summed E-state index contributed by atoms with van der Waals surface area (Å²) in [5.41, 5.74) is 2.24. The second kappa shape index (κ2) is 7.51. The van der Waals surface area contributed by atoms with Crippen LogP contribution in [0.3, 0.4) is 0 Å². The lowest BCUT2D eigenvalue weighted by Crippen LogP contribution is -2.25. The largest absolute Gasteiger partial charge is 0.346 e. The highest BCUT2D eigenvalue weighted by Crippen LogP contribution is 2.21. The number of fused-ring (bicyclic) bond motifs is 1. The van der Waals surface area contributed by atoms with Gasteiger partial charge in [-0.1, -0.05) is 60.7 Å². The maximum absolute atomic E-state index is 12.8. The van der Waals surface area contributed by atoms with E-state index < -0.39 is 0 Å². The summed E-state index contributed by atoms with van der Waals surface area (Å²) >= 11 is 1.55. The zero-order chi connectivity index (χ0) is 18.6. The van der Waals surface area contributed by atoms with Crippen molar-refractivity contribution in [2.75, 3.05) is 0 Å². The summed E-state index contributed by atoms with van der Waals surface area (Å²) in [6, 6.07) is 23.7. The van der Waals surface area contributed by atoms with Crippen LogP contribution in [0.1, 0.15) is 31.3 Å². The van der Waals surface area contributed by atoms with Crippen molar-refractivity contribution >= 4 is 33.2 Å². The number of rotatable bonds is 5. The molecule has 0 spiro atoms. The van der Waals surface area contributed by atoms with E-state index in [9.17, 15) is 9.59 Å². The zero-order valence-electron chi connectivity index (χ0n) is 14.4. The van der Waals surface area contributed by atoms with E-state index in [0.717, 1.165) is 15.2 Å². The number of thiazole rings is 1. The van der Waals surface area contributed by atoms with Crippen LogP contribution in [0.5, 0.6) is 0 Å². The van der Waals surface area contributed by atoms with Gasteiger partial charge in [0.05, 0.1) is 22.3 Å². The van der Waals surface area contributed by atoms with Crippen molar-refractivity contribution in [3.8, 4) is 0 Å². The molecule has 1 aromatic heterocycles. The van der Waals surface area contributed by atoms with E-state index in [1.54, 1.807) is 47.7 Å². The maximum Gasteiger partial charge on any atom is 0.252 e. The third-order valence-electron chi connectivity index (χ3n) is 4.19. The van der Waals surface area contributed by atoms with Crippen LogP contribution in [0, 0.1) is 0 Å². The summed E-state index contributed by atoms with van der Waals surface area (Å²) in [7, 11) is 0. The number of nitrogens with zero attached hydrogens (tertiary/aromatic N) is 1. The molecule has 0 saturated carbocycles. The molecule has 0 saturated heterocycles. The highest BCUT2D eigenvalue weighted by Gasteiger charge is 2.18. The number of aromatic nitrogens is 1. The van der Waals surface area contributed by atoms with Crippen LogP contribution in [0.15, 0.2) is 78.9 Å². The number of hydrogen-bond donors (Lipinski definition) is 1. The molecular formula is C22H16N2O2S. The second-order valence-electron chi connectivity index (χ2n) is 6.00. The predicted molar refractivity (Wildman–Crippen MR) is 107 cm³/mol. The van der Waals surface area contributed by atoms with Gasteiger partial charge in [-0.3, -0.25) is 9.59 Å². The van der Waals surface area contributed by atoms with E-state index >= 15 is 0 Å². The van der Waals surface area contributed by atoms with E-state index in [1.807, 2.05) is 42.5 Å². The Kier molecular flexibility index (Phi) is 4.77. The smallest absolute Gasteiger partial charge is 0.252 e. The average Bonchev–Trinajstić information content (AvgIpc) is 3.15. The van der Waals surface area contributed by atoms with Gasteiger partial charge in [-0.25, -0.2) is 4.98 Å². The van der Waals surface area contributed by atoms with Crippen molar-refractivity contribution in [2.45, 2.75) is 6.54 Å². The molecule has 0 radical (unpaired) electrons. The Labute approximate surface area is 160 Å². The third-order valence-corrected chi connectivity index (χ3v) is 5.23. The van der Waals surface area contributed by atoms with Gasteiger partial charge < -0.3 is 5.32 Å². The Bertz CT molecular complexity index is 1090. The molecule has 1 amide bonds. The quantitative estimate of drug-likeness (QED) is 0.526. The van der Waals surface area contributed by atoms with Crippen LogP contribution in [0.4, 0.5) is 0 Å². The van der Waals surface area contributed by atoms with Crippen molar-refractivity contribution in [2.24, 2.45) is 0 Å². The molecule has 1 heterocycles. The molecule has 0 fully saturated rings. The van der Waals surface area contributed by atoms with Crippen molar-refractivity contribution in [3.05, 3.63) is 101 Å². The Morgan fingerprint density at radius 1 is 0.815 bits per heavy atom. The first-order valence-electron chi connectivity index (χ1n) is 8.54. The lowest BCUT2D eigenvalue weighted by Gasteiger charge is -2.09. The van der Waals surface area contributed by atoms with Crippen LogP contribution in [0.25, 0.3) is 10.2 Å². The minimum atomic E-state index is -0.283. The number of hydrogen-bond acceptors (Lipinski definition) is 4. The molecule has 4 nitrogen and oxygen atoms in total. The maximum atomic E-state index is 12.8. The van der Waals surface area contributed by atoms with E-state index in [1.165, 1.54) is 0 Å². The van der Waals surface area contributed by atoms with Gasteiger partial charge in [-0.05, 0) is 18.2 Å². The molecule has 4 rings (SSSR count). The number of carbonyl (C=O) groups is 2. The van der Waals surface area contributed by atoms with Crippen LogP contribution >= 0.6 is 11.3 Å². The second-order valence-corrected chi connectivity index (χ2v) is 7.11. The van der Waals surface area contributed by atoms with Gasteiger partial charge >= 0.3 is 0 Å². The minimum Gasteiger partial charge on any atom is -0.346 e. The molecule has 5 heteroatoms. The summed E-state index contributed by atoms with van der Waals surface area (Å²) in [5, 5.41) is 3.71. The number of ketones is 1. The van der Waals surface area contributed by atoms with Crippen LogP contribution in [-0.2, 0) is 6.54 Å². The van der Waals surface area contributed by atoms with Gasteiger partial charge in [-0.15, -0.1) is 11.3 Å². The van der Waals surface area contributed by atoms with E-state index in [2.05, 4.69) is 10.3 Å². The molecule has 0 aliphatic heterocycles. The van der Waals surface area contributed by atoms with Gasteiger partial charge in [0.25, 0.3) is 5.91 Å². The summed E-state index contributed by atoms with van der Waals surface area (Å²) in [5.74, 6) is -0.449. The van der Waals surface area contributed by atoms with E-state index in [-0.39, 0.29) is 11.7 Å². The number of benzene rings is 3. The molecule has 0 atom stereocenters. The van der Waals surface area contributed by atoms with Crippen molar-refractivity contribution in [3.63, 3.8) is 0 Å². The predicted octanol–water partition coefficient (Wildman–Crippen LogP) is 4.46. The zero-order valence-corrected chi connectivity index (χ0v) is 15.2. The van der Waals surface area contributed by atoms with Gasteiger partial charge in [-0.2, -0.15) is 0 Å². The lowest BCUT2D eigenvalue weighted by molar-refractivity contribution is 0.0939. The Hall–Kier alpha value is -3.31. The average molecular weight is 372 g/mol. The highest BCUT2D eigenvalue weighted by molar-refractivity contribution is 7.18. The molecule has 0 aliphatic rings. The molecule has 1 N–H and O–H groups in total. The fourth-order valence-corrected chi connectivity index (χ4v) is 3.78. The molecule has 0 unspecified atom stereocenters. The third kappa shape index (κ3) is 3.64. The fraction of sp³-hybridized carbons (Fsp3) is 0.0455. The summed E-state index contributed by atoms with van der Waals surface area (Å²) < 4.78 is 1.08. The van der Waals surface area contributed by atoms with Crippen molar-refractivity contribution in [1.82, 2.24) is 10.3 Å². The van der Waals surface area contributed by atoms with Crippen LogP contribution < -0.4 is 5.32 Å². The minimum absolute atomic E-state index is 0.165. The molecule has 132 valence electrons. The summed E-state index contributed by atoms with van der Waals surface area (Å²) in [6.07, 6.45) is 0. The van der Waals surface area contributed by atoms with Gasteiger partial charge in [0, 0.05) is 11.1 Å². The summed E-state index contributed by atoms with van der Waals surface area (Å²) in [4.78, 5) is 30.0. The van der Waals surface area contributed by atoms with Crippen LogP contribution in [-0.4, -0.2) is 16.7 Å². The Morgan fingerprint density at radius 2 is 1.48 bits per heavy atom. The Balaban J connectivity index is 1.54. The monoisotopic (exact) mass is 372 g/mol. The molecular weight excluding hydrogens is 356 g/mol. The SMILES string of the molecule is O=C(NCc1nc2ccccc2s1)c1ccccc1C(=O)c1ccccc1. The van der Waals surface area contributed by atoms with Crippen molar-refractivity contribution in [1.29, 1.82) is 0 Å². The first kappa shape index (κ1) is 17.1. The number of carbonyl (C=O) groups excluding carboxylic acids is 2. The molecule has 4 aromatic rings. The van der Waals surface area contributed by atoms with Gasteiger partial charge in [0.2, 0.25) is 0 Å². The standard InChI is InChI=1S/C22H16N2O2S/c25-21(15-8-2-1-3-9-15)16-10-4-5-11-17(16)22(26)23-14-20-24-18-12-6-7-13-19(18)27-20/h1-13H,14H2,(H,23,26). The van der Waals surface area contributed by atoms with E-state index in [0.29, 0.717) is 23.2 Å². The number of para-hydroxylation sites is 1. The highest BCUT2D eigenvalue weighted by atomic mass is 32.1. The first-order chi connectivity index (χ1) is 13.2. The molecule has 3 aromatic carbocycles. The number of amides is 1. The molecule has 0 aliphatic carbocycles. The first-order valence-corrected chi connectivity index (χ1v) is 9.35. The van der Waals surface area contributed by atoms with E-state index in [4.69, 9.17) is 0 Å². The topological polar surface area (TPSA) is 59.1 Å².